The quantitative estimate of drug-likeness (QED) is 0.332. The summed E-state index contributed by atoms with van der Waals surface area (Å²) in [6.07, 6.45) is 4.61. The first-order valence-corrected chi connectivity index (χ1v) is 13.4. The minimum Gasteiger partial charge on any atom is -0.497 e. The molecule has 3 aromatic carbocycles. The number of methoxy groups -OCH3 is 1. The second-order valence-corrected chi connectivity index (χ2v) is 10.3. The standard InChI is InChI=1S/C30H32Cl2N2O3/c1-37-26-13-7-10-22(16-26)20-34(29(35)18-23-14-15-24(31)19-27(23)32)28(17-21-8-3-2-4-9-21)30(36)33-25-11-5-6-12-25/h2-4,7-10,13-16,19,25,28H,5-6,11-12,17-18,20H2,1H3,(H,33,36)/t28-/m1/s1. The van der Waals surface area contributed by atoms with E-state index in [0.717, 1.165) is 36.8 Å². The molecule has 0 spiro atoms. The molecule has 2 amide bonds. The van der Waals surface area contributed by atoms with Crippen LogP contribution in [0.4, 0.5) is 0 Å². The zero-order chi connectivity index (χ0) is 26.2. The lowest BCUT2D eigenvalue weighted by atomic mass is 10.0. The van der Waals surface area contributed by atoms with E-state index in [1.165, 1.54) is 0 Å². The third-order valence-corrected chi connectivity index (χ3v) is 7.40. The predicted molar refractivity (Wildman–Crippen MR) is 148 cm³/mol. The zero-order valence-electron chi connectivity index (χ0n) is 21.0. The van der Waals surface area contributed by atoms with Crippen LogP contribution in [-0.4, -0.2) is 35.9 Å². The molecule has 0 bridgehead atoms. The van der Waals surface area contributed by atoms with Crippen molar-refractivity contribution < 1.29 is 14.3 Å². The third-order valence-electron chi connectivity index (χ3n) is 6.82. The highest BCUT2D eigenvalue weighted by Crippen LogP contribution is 2.25. The van der Waals surface area contributed by atoms with E-state index in [1.54, 1.807) is 30.2 Å². The van der Waals surface area contributed by atoms with Crippen LogP contribution in [-0.2, 0) is 29.0 Å². The Hall–Kier alpha value is -3.02. The Kier molecular flexibility index (Phi) is 9.48. The van der Waals surface area contributed by atoms with Crippen molar-refractivity contribution in [1.29, 1.82) is 0 Å². The number of halogens is 2. The molecule has 0 unspecified atom stereocenters. The Morgan fingerprint density at radius 2 is 1.70 bits per heavy atom. The second-order valence-electron chi connectivity index (χ2n) is 9.48. The first-order chi connectivity index (χ1) is 17.9. The Bertz CT molecular complexity index is 1210. The first kappa shape index (κ1) is 27.0. The van der Waals surface area contributed by atoms with Crippen LogP contribution in [0.5, 0.6) is 5.75 Å². The number of benzene rings is 3. The number of ether oxygens (including phenoxy) is 1. The maximum atomic E-state index is 13.9. The summed E-state index contributed by atoms with van der Waals surface area (Å²) in [7, 11) is 1.61. The van der Waals surface area contributed by atoms with E-state index in [4.69, 9.17) is 27.9 Å². The molecule has 1 fully saturated rings. The summed E-state index contributed by atoms with van der Waals surface area (Å²) >= 11 is 12.5. The highest BCUT2D eigenvalue weighted by Gasteiger charge is 2.32. The Labute approximate surface area is 228 Å². The Morgan fingerprint density at radius 3 is 2.41 bits per heavy atom. The van der Waals surface area contributed by atoms with Crippen LogP contribution in [0.2, 0.25) is 10.0 Å². The van der Waals surface area contributed by atoms with Gasteiger partial charge in [-0.05, 0) is 53.8 Å². The van der Waals surface area contributed by atoms with Gasteiger partial charge >= 0.3 is 0 Å². The summed E-state index contributed by atoms with van der Waals surface area (Å²) in [5.41, 5.74) is 2.53. The molecule has 194 valence electrons. The number of carbonyl (C=O) groups excluding carboxylic acids is 2. The van der Waals surface area contributed by atoms with Gasteiger partial charge in [0.05, 0.1) is 13.5 Å². The molecular weight excluding hydrogens is 507 g/mol. The average Bonchev–Trinajstić information content (AvgIpc) is 3.41. The lowest BCUT2D eigenvalue weighted by Crippen LogP contribution is -2.52. The summed E-state index contributed by atoms with van der Waals surface area (Å²) in [6, 6.07) is 22.0. The lowest BCUT2D eigenvalue weighted by molar-refractivity contribution is -0.141. The minimum absolute atomic E-state index is 0.0575. The fraction of sp³-hybridized carbons (Fsp3) is 0.333. The first-order valence-electron chi connectivity index (χ1n) is 12.6. The fourth-order valence-corrected chi connectivity index (χ4v) is 5.29. The van der Waals surface area contributed by atoms with Crippen LogP contribution in [0.3, 0.4) is 0 Å². The molecule has 0 saturated heterocycles. The van der Waals surface area contributed by atoms with E-state index in [0.29, 0.717) is 27.8 Å². The molecule has 1 atom stereocenters. The lowest BCUT2D eigenvalue weighted by Gasteiger charge is -2.32. The number of hydrogen-bond donors (Lipinski definition) is 1. The van der Waals surface area contributed by atoms with Gasteiger partial charge < -0.3 is 15.0 Å². The van der Waals surface area contributed by atoms with Crippen LogP contribution >= 0.6 is 23.2 Å². The molecule has 5 nitrogen and oxygen atoms in total. The van der Waals surface area contributed by atoms with Crippen LogP contribution in [0.15, 0.2) is 72.8 Å². The number of amides is 2. The maximum absolute atomic E-state index is 13.9. The van der Waals surface area contributed by atoms with Crippen molar-refractivity contribution in [1.82, 2.24) is 10.2 Å². The Morgan fingerprint density at radius 1 is 0.973 bits per heavy atom. The SMILES string of the molecule is COc1cccc(CN(C(=O)Cc2ccc(Cl)cc2Cl)[C@H](Cc2ccccc2)C(=O)NC2CCCC2)c1. The van der Waals surface area contributed by atoms with Crippen molar-refractivity contribution in [2.24, 2.45) is 0 Å². The predicted octanol–water partition coefficient (Wildman–Crippen LogP) is 6.24. The van der Waals surface area contributed by atoms with E-state index in [9.17, 15) is 9.59 Å². The van der Waals surface area contributed by atoms with Gasteiger partial charge in [0.2, 0.25) is 11.8 Å². The summed E-state index contributed by atoms with van der Waals surface area (Å²) in [5.74, 6) is 0.379. The van der Waals surface area contributed by atoms with Crippen LogP contribution in [0.25, 0.3) is 0 Å². The van der Waals surface area contributed by atoms with Crippen molar-refractivity contribution >= 4 is 35.0 Å². The molecule has 7 heteroatoms. The largest absolute Gasteiger partial charge is 0.497 e. The zero-order valence-corrected chi connectivity index (χ0v) is 22.5. The molecule has 0 aliphatic heterocycles. The van der Waals surface area contributed by atoms with Gasteiger partial charge in [-0.25, -0.2) is 0 Å². The number of nitrogens with one attached hydrogen (secondary N) is 1. The highest BCUT2D eigenvalue weighted by molar-refractivity contribution is 6.35. The van der Waals surface area contributed by atoms with Gasteiger partial charge in [0, 0.05) is 29.1 Å². The molecular formula is C30H32Cl2N2O3. The van der Waals surface area contributed by atoms with E-state index < -0.39 is 6.04 Å². The van der Waals surface area contributed by atoms with Gasteiger partial charge in [-0.1, -0.05) is 84.6 Å². The molecule has 1 N–H and O–H groups in total. The highest BCUT2D eigenvalue weighted by atomic mass is 35.5. The van der Waals surface area contributed by atoms with Crippen molar-refractivity contribution in [3.05, 3.63) is 99.5 Å². The molecule has 1 saturated carbocycles. The Balaban J connectivity index is 1.68. The van der Waals surface area contributed by atoms with Crippen molar-refractivity contribution in [2.75, 3.05) is 7.11 Å². The van der Waals surface area contributed by atoms with Crippen LogP contribution in [0, 0.1) is 0 Å². The van der Waals surface area contributed by atoms with Gasteiger partial charge in [-0.15, -0.1) is 0 Å². The van der Waals surface area contributed by atoms with Crippen molar-refractivity contribution in [3.63, 3.8) is 0 Å². The van der Waals surface area contributed by atoms with Gasteiger partial charge in [0.25, 0.3) is 0 Å². The smallest absolute Gasteiger partial charge is 0.243 e. The van der Waals surface area contributed by atoms with Gasteiger partial charge in [0.1, 0.15) is 11.8 Å². The van der Waals surface area contributed by atoms with E-state index in [2.05, 4.69) is 5.32 Å². The molecule has 1 aliphatic carbocycles. The molecule has 37 heavy (non-hydrogen) atoms. The van der Waals surface area contributed by atoms with E-state index >= 15 is 0 Å². The molecule has 0 radical (unpaired) electrons. The number of carbonyl (C=O) groups is 2. The normalized spacial score (nSPS) is 14.2. The molecule has 1 aliphatic rings. The summed E-state index contributed by atoms with van der Waals surface area (Å²) in [6.45, 7) is 0.261. The molecule has 3 aromatic rings. The summed E-state index contributed by atoms with van der Waals surface area (Å²) in [5, 5.41) is 4.16. The maximum Gasteiger partial charge on any atom is 0.243 e. The third kappa shape index (κ3) is 7.50. The minimum atomic E-state index is -0.687. The number of rotatable bonds is 10. The van der Waals surface area contributed by atoms with Crippen molar-refractivity contribution in [3.8, 4) is 5.75 Å². The number of nitrogens with zero attached hydrogens (tertiary/aromatic N) is 1. The molecule has 0 aromatic heterocycles. The van der Waals surface area contributed by atoms with Gasteiger partial charge in [0.15, 0.2) is 0 Å². The van der Waals surface area contributed by atoms with E-state index in [1.807, 2.05) is 54.6 Å². The van der Waals surface area contributed by atoms with Gasteiger partial charge in [-0.2, -0.15) is 0 Å². The monoisotopic (exact) mass is 538 g/mol. The van der Waals surface area contributed by atoms with E-state index in [-0.39, 0.29) is 30.8 Å². The topological polar surface area (TPSA) is 58.6 Å². The fourth-order valence-electron chi connectivity index (χ4n) is 4.82. The summed E-state index contributed by atoms with van der Waals surface area (Å²) < 4.78 is 5.40. The average molecular weight is 540 g/mol. The number of hydrogen-bond acceptors (Lipinski definition) is 3. The van der Waals surface area contributed by atoms with Crippen molar-refractivity contribution in [2.45, 2.75) is 57.2 Å². The molecule has 4 rings (SSSR count). The summed E-state index contributed by atoms with van der Waals surface area (Å²) in [4.78, 5) is 29.3. The molecule has 0 heterocycles. The van der Waals surface area contributed by atoms with Crippen LogP contribution < -0.4 is 10.1 Å². The van der Waals surface area contributed by atoms with Crippen LogP contribution in [0.1, 0.15) is 42.4 Å². The van der Waals surface area contributed by atoms with Gasteiger partial charge in [-0.3, -0.25) is 9.59 Å². The second kappa shape index (κ2) is 13.0.